The van der Waals surface area contributed by atoms with E-state index in [1.54, 1.807) is 4.57 Å². The molecule has 7 nitrogen and oxygen atoms in total. The second kappa shape index (κ2) is 7.30. The lowest BCUT2D eigenvalue weighted by atomic mass is 9.88. The molecule has 0 aliphatic carbocycles. The van der Waals surface area contributed by atoms with Gasteiger partial charge in [-0.3, -0.25) is 9.13 Å². The van der Waals surface area contributed by atoms with Crippen LogP contribution in [0.4, 0.5) is 0 Å². The van der Waals surface area contributed by atoms with Crippen molar-refractivity contribution in [3.8, 4) is 0 Å². The second-order valence-corrected chi connectivity index (χ2v) is 9.03. The van der Waals surface area contributed by atoms with Crippen LogP contribution in [0.1, 0.15) is 58.4 Å². The Bertz CT molecular complexity index is 906. The van der Waals surface area contributed by atoms with Gasteiger partial charge in [0.05, 0.1) is 34.9 Å². The number of aromatic nitrogens is 2. The number of aryl methyl sites for hydroxylation is 1. The molecule has 0 amide bonds. The van der Waals surface area contributed by atoms with Gasteiger partial charge in [0.1, 0.15) is 6.10 Å². The fraction of sp³-hybridized carbons (Fsp3) is 0.667. The van der Waals surface area contributed by atoms with Crippen LogP contribution in [0.5, 0.6) is 0 Å². The SMILES string of the molecule is CC1CCn2c(=O)n(CC(O)C(C)(O)CCC(O)C(C)(C)O)c3cccc1c32. The Morgan fingerprint density at radius 3 is 2.50 bits per heavy atom. The maximum absolute atomic E-state index is 12.9. The van der Waals surface area contributed by atoms with Gasteiger partial charge >= 0.3 is 5.69 Å². The molecule has 0 bridgehead atoms. The Hall–Kier alpha value is -1.67. The van der Waals surface area contributed by atoms with Gasteiger partial charge in [-0.2, -0.15) is 0 Å². The number of aliphatic hydroxyl groups is 4. The summed E-state index contributed by atoms with van der Waals surface area (Å²) in [7, 11) is 0. The van der Waals surface area contributed by atoms with Crippen LogP contribution in [0.15, 0.2) is 23.0 Å². The van der Waals surface area contributed by atoms with E-state index in [0.29, 0.717) is 12.5 Å². The first-order chi connectivity index (χ1) is 12.9. The lowest BCUT2D eigenvalue weighted by Crippen LogP contribution is -2.45. The van der Waals surface area contributed by atoms with Crippen LogP contribution < -0.4 is 5.69 Å². The van der Waals surface area contributed by atoms with E-state index in [-0.39, 0.29) is 25.1 Å². The summed E-state index contributed by atoms with van der Waals surface area (Å²) in [6.45, 7) is 7.24. The molecular formula is C21H32N2O5. The summed E-state index contributed by atoms with van der Waals surface area (Å²) < 4.78 is 3.28. The monoisotopic (exact) mass is 392 g/mol. The first-order valence-corrected chi connectivity index (χ1v) is 9.96. The molecule has 3 rings (SSSR count). The van der Waals surface area contributed by atoms with Crippen LogP contribution in [-0.4, -0.2) is 53.0 Å². The van der Waals surface area contributed by atoms with Crippen molar-refractivity contribution in [3.05, 3.63) is 34.2 Å². The van der Waals surface area contributed by atoms with E-state index < -0.39 is 23.4 Å². The molecule has 0 saturated heterocycles. The number of hydrogen-bond donors (Lipinski definition) is 4. The van der Waals surface area contributed by atoms with Gasteiger partial charge in [0.15, 0.2) is 0 Å². The number of nitrogens with zero attached hydrogens (tertiary/aromatic N) is 2. The quantitative estimate of drug-likeness (QED) is 0.569. The minimum atomic E-state index is -1.51. The normalized spacial score (nSPS) is 21.5. The van der Waals surface area contributed by atoms with Gasteiger partial charge < -0.3 is 20.4 Å². The topological polar surface area (TPSA) is 108 Å². The number of aliphatic hydroxyl groups excluding tert-OH is 2. The highest BCUT2D eigenvalue weighted by atomic mass is 16.3. The molecular weight excluding hydrogens is 360 g/mol. The molecule has 4 N–H and O–H groups in total. The van der Waals surface area contributed by atoms with Gasteiger partial charge in [-0.1, -0.05) is 19.1 Å². The number of para-hydroxylation sites is 1. The maximum atomic E-state index is 12.9. The van der Waals surface area contributed by atoms with Crippen molar-refractivity contribution in [1.29, 1.82) is 0 Å². The van der Waals surface area contributed by atoms with Crippen molar-refractivity contribution < 1.29 is 20.4 Å². The van der Waals surface area contributed by atoms with Crippen molar-refractivity contribution in [2.75, 3.05) is 0 Å². The van der Waals surface area contributed by atoms with E-state index >= 15 is 0 Å². The van der Waals surface area contributed by atoms with Crippen molar-refractivity contribution >= 4 is 11.0 Å². The Labute approximate surface area is 164 Å². The first-order valence-electron chi connectivity index (χ1n) is 9.96. The van der Waals surface area contributed by atoms with Crippen molar-refractivity contribution in [2.24, 2.45) is 0 Å². The van der Waals surface area contributed by atoms with Crippen molar-refractivity contribution in [3.63, 3.8) is 0 Å². The molecule has 1 aliphatic rings. The second-order valence-electron chi connectivity index (χ2n) is 9.03. The molecule has 4 atom stereocenters. The van der Waals surface area contributed by atoms with Crippen LogP contribution >= 0.6 is 0 Å². The third-order valence-electron chi connectivity index (χ3n) is 6.20. The van der Waals surface area contributed by atoms with Crippen molar-refractivity contribution in [1.82, 2.24) is 9.13 Å². The summed E-state index contributed by atoms with van der Waals surface area (Å²) in [6.07, 6.45) is -1.10. The van der Waals surface area contributed by atoms with Crippen LogP contribution in [0.3, 0.4) is 0 Å². The van der Waals surface area contributed by atoms with Gasteiger partial charge in [-0.15, -0.1) is 0 Å². The zero-order chi connectivity index (χ0) is 20.9. The predicted octanol–water partition coefficient (Wildman–Crippen LogP) is 1.33. The number of imidazole rings is 1. The summed E-state index contributed by atoms with van der Waals surface area (Å²) in [6, 6.07) is 5.83. The van der Waals surface area contributed by atoms with E-state index in [1.807, 2.05) is 18.2 Å². The molecule has 1 aromatic carbocycles. The predicted molar refractivity (Wildman–Crippen MR) is 107 cm³/mol. The lowest BCUT2D eigenvalue weighted by Gasteiger charge is -2.32. The molecule has 0 saturated carbocycles. The molecule has 0 radical (unpaired) electrons. The summed E-state index contributed by atoms with van der Waals surface area (Å²) in [4.78, 5) is 12.9. The molecule has 2 heterocycles. The van der Waals surface area contributed by atoms with Crippen LogP contribution in [-0.2, 0) is 13.1 Å². The maximum Gasteiger partial charge on any atom is 0.329 e. The van der Waals surface area contributed by atoms with E-state index in [1.165, 1.54) is 25.3 Å². The third kappa shape index (κ3) is 3.76. The van der Waals surface area contributed by atoms with Gasteiger partial charge in [0, 0.05) is 6.54 Å². The van der Waals surface area contributed by atoms with Gasteiger partial charge in [0.2, 0.25) is 0 Å². The highest BCUT2D eigenvalue weighted by Crippen LogP contribution is 2.32. The summed E-state index contributed by atoms with van der Waals surface area (Å²) in [5.41, 5.74) is -0.162. The fourth-order valence-corrected chi connectivity index (χ4v) is 3.98. The molecule has 1 aliphatic heterocycles. The van der Waals surface area contributed by atoms with Gasteiger partial charge in [-0.05, 0) is 57.6 Å². The molecule has 28 heavy (non-hydrogen) atoms. The van der Waals surface area contributed by atoms with Gasteiger partial charge in [0.25, 0.3) is 0 Å². The highest BCUT2D eigenvalue weighted by molar-refractivity contribution is 5.81. The minimum Gasteiger partial charge on any atom is -0.390 e. The zero-order valence-electron chi connectivity index (χ0n) is 17.1. The van der Waals surface area contributed by atoms with Crippen LogP contribution in [0, 0.1) is 0 Å². The molecule has 0 fully saturated rings. The standard InChI is InChI=1S/C21H32N2O5/c1-13-9-11-22-18-14(13)6-5-7-15(18)23(19(22)26)12-17(25)21(4,28)10-8-16(24)20(2,3)27/h5-7,13,16-17,24-25,27-28H,8-12H2,1-4H3. The Morgan fingerprint density at radius 2 is 1.86 bits per heavy atom. The lowest BCUT2D eigenvalue weighted by molar-refractivity contribution is -0.0968. The van der Waals surface area contributed by atoms with Gasteiger partial charge in [-0.25, -0.2) is 4.79 Å². The molecule has 0 spiro atoms. The summed E-state index contributed by atoms with van der Waals surface area (Å²) in [5, 5.41) is 41.3. The number of hydrogen-bond acceptors (Lipinski definition) is 5. The first kappa shape index (κ1) is 21.0. The highest BCUT2D eigenvalue weighted by Gasteiger charge is 2.35. The van der Waals surface area contributed by atoms with Crippen molar-refractivity contribution in [2.45, 2.75) is 89.4 Å². The molecule has 2 aromatic rings. The van der Waals surface area contributed by atoms with Crippen LogP contribution in [0.2, 0.25) is 0 Å². The summed E-state index contributed by atoms with van der Waals surface area (Å²) >= 11 is 0. The average Bonchev–Trinajstić information content (AvgIpc) is 2.88. The third-order valence-corrected chi connectivity index (χ3v) is 6.20. The molecule has 1 aromatic heterocycles. The average molecular weight is 392 g/mol. The fourth-order valence-electron chi connectivity index (χ4n) is 3.98. The summed E-state index contributed by atoms with van der Waals surface area (Å²) in [5.74, 6) is 0.371. The largest absolute Gasteiger partial charge is 0.390 e. The smallest absolute Gasteiger partial charge is 0.329 e. The number of benzene rings is 1. The minimum absolute atomic E-state index is 0.0359. The Kier molecular flexibility index (Phi) is 5.49. The van der Waals surface area contributed by atoms with E-state index in [4.69, 9.17) is 0 Å². The Balaban J connectivity index is 1.85. The molecule has 4 unspecified atom stereocenters. The van der Waals surface area contributed by atoms with E-state index in [9.17, 15) is 25.2 Å². The molecule has 7 heteroatoms. The van der Waals surface area contributed by atoms with E-state index in [0.717, 1.165) is 23.0 Å². The molecule has 156 valence electrons. The number of rotatable bonds is 7. The van der Waals surface area contributed by atoms with Crippen LogP contribution in [0.25, 0.3) is 11.0 Å². The van der Waals surface area contributed by atoms with E-state index in [2.05, 4.69) is 6.92 Å². The Morgan fingerprint density at radius 1 is 1.18 bits per heavy atom. The zero-order valence-corrected chi connectivity index (χ0v) is 17.1.